The van der Waals surface area contributed by atoms with Crippen molar-refractivity contribution in [2.45, 2.75) is 38.8 Å². The number of amides is 2. The summed E-state index contributed by atoms with van der Waals surface area (Å²) in [7, 11) is 1.52. The molecule has 156 valence electrons. The molecule has 1 aromatic carbocycles. The van der Waals surface area contributed by atoms with Gasteiger partial charge in [0.15, 0.2) is 5.76 Å². The summed E-state index contributed by atoms with van der Waals surface area (Å²) < 4.78 is 16.1. The van der Waals surface area contributed by atoms with Gasteiger partial charge in [-0.2, -0.15) is 0 Å². The molecule has 0 radical (unpaired) electrons. The summed E-state index contributed by atoms with van der Waals surface area (Å²) in [6.07, 6.45) is 2.39. The van der Waals surface area contributed by atoms with Crippen LogP contribution in [-0.4, -0.2) is 54.8 Å². The molecule has 0 unspecified atom stereocenters. The van der Waals surface area contributed by atoms with Crippen molar-refractivity contribution in [3.05, 3.63) is 47.3 Å². The molecule has 0 saturated carbocycles. The number of likely N-dealkylation sites (tertiary alicyclic amines) is 1. The number of ether oxygens (including phenoxy) is 2. The Hall–Kier alpha value is -2.87. The second kappa shape index (κ2) is 10.1. The number of carbonyl (C=O) groups is 2. The number of carbonyl (C=O) groups excluding carboxylic acids is 2. The number of piperidine rings is 1. The van der Waals surface area contributed by atoms with Crippen LogP contribution in [0, 0.1) is 0 Å². The van der Waals surface area contributed by atoms with Gasteiger partial charge in [-0.05, 0) is 30.7 Å². The Balaban J connectivity index is 1.45. The van der Waals surface area contributed by atoms with E-state index in [-0.39, 0.29) is 24.5 Å². The Bertz CT molecular complexity index is 810. The lowest BCUT2D eigenvalue weighted by molar-refractivity contribution is -0.136. The van der Waals surface area contributed by atoms with E-state index in [0.717, 1.165) is 25.0 Å². The summed E-state index contributed by atoms with van der Waals surface area (Å²) in [5, 5.41) is 6.72. The molecule has 1 fully saturated rings. The molecule has 2 heterocycles. The van der Waals surface area contributed by atoms with Gasteiger partial charge in [-0.3, -0.25) is 9.59 Å². The number of hydrogen-bond donors (Lipinski definition) is 1. The second-order valence-corrected chi connectivity index (χ2v) is 6.98. The first-order valence-electron chi connectivity index (χ1n) is 9.85. The maximum Gasteiger partial charge on any atom is 0.251 e. The van der Waals surface area contributed by atoms with Crippen LogP contribution in [0.25, 0.3) is 0 Å². The van der Waals surface area contributed by atoms with Crippen LogP contribution >= 0.6 is 0 Å². The number of methoxy groups -OCH3 is 1. The summed E-state index contributed by atoms with van der Waals surface area (Å²) in [5.41, 5.74) is 1.41. The SMILES string of the molecule is CCc1cc(CNC(=O)c2ccc(OC3CCN(C(=O)COC)CC3)cc2)on1. The van der Waals surface area contributed by atoms with Crippen LogP contribution in [0.15, 0.2) is 34.9 Å². The number of nitrogens with one attached hydrogen (secondary N) is 1. The highest BCUT2D eigenvalue weighted by Crippen LogP contribution is 2.20. The molecule has 1 N–H and O–H groups in total. The van der Waals surface area contributed by atoms with Gasteiger partial charge in [0, 0.05) is 44.7 Å². The van der Waals surface area contributed by atoms with Crippen molar-refractivity contribution < 1.29 is 23.6 Å². The zero-order chi connectivity index (χ0) is 20.6. The van der Waals surface area contributed by atoms with Gasteiger partial charge < -0.3 is 24.2 Å². The molecule has 0 bridgehead atoms. The predicted octanol–water partition coefficient (Wildman–Crippen LogP) is 2.18. The van der Waals surface area contributed by atoms with Gasteiger partial charge in [-0.25, -0.2) is 0 Å². The van der Waals surface area contributed by atoms with Crippen LogP contribution in [0.4, 0.5) is 0 Å². The molecule has 1 aliphatic heterocycles. The van der Waals surface area contributed by atoms with E-state index in [1.165, 1.54) is 7.11 Å². The average Bonchev–Trinajstić information content (AvgIpc) is 3.21. The van der Waals surface area contributed by atoms with Gasteiger partial charge in [-0.1, -0.05) is 12.1 Å². The fraction of sp³-hybridized carbons (Fsp3) is 0.476. The van der Waals surface area contributed by atoms with E-state index in [9.17, 15) is 9.59 Å². The third kappa shape index (κ3) is 5.80. The van der Waals surface area contributed by atoms with E-state index in [4.69, 9.17) is 14.0 Å². The summed E-state index contributed by atoms with van der Waals surface area (Å²) in [4.78, 5) is 25.9. The quantitative estimate of drug-likeness (QED) is 0.729. The van der Waals surface area contributed by atoms with Crippen molar-refractivity contribution in [3.63, 3.8) is 0 Å². The highest BCUT2D eigenvalue weighted by molar-refractivity contribution is 5.94. The van der Waals surface area contributed by atoms with E-state index in [0.29, 0.717) is 36.7 Å². The summed E-state index contributed by atoms with van der Waals surface area (Å²) in [6, 6.07) is 8.90. The Morgan fingerprint density at radius 3 is 2.59 bits per heavy atom. The van der Waals surface area contributed by atoms with E-state index >= 15 is 0 Å². The maximum atomic E-state index is 12.3. The van der Waals surface area contributed by atoms with Crippen LogP contribution < -0.4 is 10.1 Å². The Morgan fingerprint density at radius 1 is 1.24 bits per heavy atom. The van der Waals surface area contributed by atoms with Crippen molar-refractivity contribution in [3.8, 4) is 5.75 Å². The molecular formula is C21H27N3O5. The number of aromatic nitrogens is 1. The molecule has 0 spiro atoms. The lowest BCUT2D eigenvalue weighted by Crippen LogP contribution is -2.43. The van der Waals surface area contributed by atoms with Crippen LogP contribution in [0.2, 0.25) is 0 Å². The highest BCUT2D eigenvalue weighted by atomic mass is 16.5. The van der Waals surface area contributed by atoms with Gasteiger partial charge >= 0.3 is 0 Å². The summed E-state index contributed by atoms with van der Waals surface area (Å²) in [6.45, 7) is 3.73. The fourth-order valence-corrected chi connectivity index (χ4v) is 3.19. The number of nitrogens with zero attached hydrogens (tertiary/aromatic N) is 2. The standard InChI is InChI=1S/C21H27N3O5/c1-3-16-12-19(29-23-16)13-22-21(26)15-4-6-17(7-5-15)28-18-8-10-24(11-9-18)20(25)14-27-2/h4-7,12,18H,3,8-11,13-14H2,1-2H3,(H,22,26). The van der Waals surface area contributed by atoms with Crippen molar-refractivity contribution in [1.29, 1.82) is 0 Å². The van der Waals surface area contributed by atoms with Gasteiger partial charge in [0.2, 0.25) is 5.91 Å². The normalized spacial score (nSPS) is 14.6. The minimum absolute atomic E-state index is 0.0116. The third-order valence-corrected chi connectivity index (χ3v) is 4.87. The largest absolute Gasteiger partial charge is 0.490 e. The molecule has 0 atom stereocenters. The smallest absolute Gasteiger partial charge is 0.251 e. The Morgan fingerprint density at radius 2 is 1.97 bits per heavy atom. The monoisotopic (exact) mass is 401 g/mol. The summed E-state index contributed by atoms with van der Waals surface area (Å²) >= 11 is 0. The van der Waals surface area contributed by atoms with E-state index in [1.807, 2.05) is 13.0 Å². The topological polar surface area (TPSA) is 93.9 Å². The first kappa shape index (κ1) is 20.9. The molecule has 2 aromatic rings. The molecule has 29 heavy (non-hydrogen) atoms. The van der Waals surface area contributed by atoms with Crippen molar-refractivity contribution >= 4 is 11.8 Å². The molecule has 1 aromatic heterocycles. The van der Waals surface area contributed by atoms with Crippen molar-refractivity contribution in [1.82, 2.24) is 15.4 Å². The zero-order valence-corrected chi connectivity index (χ0v) is 16.8. The molecule has 1 aliphatic rings. The fourth-order valence-electron chi connectivity index (χ4n) is 3.19. The van der Waals surface area contributed by atoms with Crippen LogP contribution in [-0.2, 0) is 22.5 Å². The minimum Gasteiger partial charge on any atom is -0.490 e. The number of hydrogen-bond acceptors (Lipinski definition) is 6. The van der Waals surface area contributed by atoms with Crippen molar-refractivity contribution in [2.75, 3.05) is 26.8 Å². The number of rotatable bonds is 8. The van der Waals surface area contributed by atoms with Crippen LogP contribution in [0.3, 0.4) is 0 Å². The Labute approximate surface area is 170 Å². The van der Waals surface area contributed by atoms with Gasteiger partial charge in [0.25, 0.3) is 5.91 Å². The number of benzene rings is 1. The molecular weight excluding hydrogens is 374 g/mol. The number of aryl methyl sites for hydroxylation is 1. The van der Waals surface area contributed by atoms with Gasteiger partial charge in [-0.15, -0.1) is 0 Å². The lowest BCUT2D eigenvalue weighted by atomic mass is 10.1. The Kier molecular flexibility index (Phi) is 7.24. The lowest BCUT2D eigenvalue weighted by Gasteiger charge is -2.32. The molecule has 3 rings (SSSR count). The minimum atomic E-state index is -0.184. The van der Waals surface area contributed by atoms with Crippen LogP contribution in [0.5, 0.6) is 5.75 Å². The summed E-state index contributed by atoms with van der Waals surface area (Å²) in [5.74, 6) is 1.17. The van der Waals surface area contributed by atoms with Crippen LogP contribution in [0.1, 0.15) is 41.6 Å². The second-order valence-electron chi connectivity index (χ2n) is 6.98. The van der Waals surface area contributed by atoms with E-state index in [1.54, 1.807) is 29.2 Å². The van der Waals surface area contributed by atoms with E-state index in [2.05, 4.69) is 10.5 Å². The zero-order valence-electron chi connectivity index (χ0n) is 16.8. The first-order valence-corrected chi connectivity index (χ1v) is 9.85. The molecule has 2 amide bonds. The third-order valence-electron chi connectivity index (χ3n) is 4.87. The molecule has 8 heteroatoms. The van der Waals surface area contributed by atoms with Gasteiger partial charge in [0.1, 0.15) is 18.5 Å². The van der Waals surface area contributed by atoms with E-state index < -0.39 is 0 Å². The predicted molar refractivity (Wildman–Crippen MR) is 106 cm³/mol. The highest BCUT2D eigenvalue weighted by Gasteiger charge is 2.23. The first-order chi connectivity index (χ1) is 14.1. The molecule has 1 saturated heterocycles. The molecule has 0 aliphatic carbocycles. The van der Waals surface area contributed by atoms with Crippen molar-refractivity contribution in [2.24, 2.45) is 0 Å². The van der Waals surface area contributed by atoms with Gasteiger partial charge in [0.05, 0.1) is 12.2 Å². The molecule has 8 nitrogen and oxygen atoms in total. The maximum absolute atomic E-state index is 12.3. The average molecular weight is 401 g/mol.